The van der Waals surface area contributed by atoms with Gasteiger partial charge in [-0.3, -0.25) is 0 Å². The Morgan fingerprint density at radius 1 is 1.16 bits per heavy atom. The predicted molar refractivity (Wildman–Crippen MR) is 78.5 cm³/mol. The highest BCUT2D eigenvalue weighted by Gasteiger charge is 2.24. The first-order chi connectivity index (χ1) is 9.07. The third-order valence-electron chi connectivity index (χ3n) is 2.98. The molecule has 1 aromatic carbocycles. The van der Waals surface area contributed by atoms with Gasteiger partial charge < -0.3 is 5.32 Å². The fraction of sp³-hybridized carbons (Fsp3) is 0.571. The quantitative estimate of drug-likeness (QED) is 0.796. The molecule has 0 saturated heterocycles. The lowest BCUT2D eigenvalue weighted by Gasteiger charge is -2.21. The third-order valence-corrected chi connectivity index (χ3v) is 5.06. The van der Waals surface area contributed by atoms with Crippen molar-refractivity contribution in [2.24, 2.45) is 0 Å². The zero-order chi connectivity index (χ0) is 14.3. The van der Waals surface area contributed by atoms with Crippen molar-refractivity contribution in [1.82, 2.24) is 9.62 Å². The van der Waals surface area contributed by atoms with E-state index in [0.717, 1.165) is 18.5 Å². The zero-order valence-electron chi connectivity index (χ0n) is 12.0. The molecule has 0 aliphatic rings. The summed E-state index contributed by atoms with van der Waals surface area (Å²) in [5.41, 5.74) is 0.832. The van der Waals surface area contributed by atoms with Crippen LogP contribution in [-0.2, 0) is 16.6 Å². The summed E-state index contributed by atoms with van der Waals surface area (Å²) in [6.45, 7) is 8.34. The van der Waals surface area contributed by atoms with Gasteiger partial charge in [0.2, 0.25) is 10.0 Å². The van der Waals surface area contributed by atoms with Crippen molar-refractivity contribution in [3.63, 3.8) is 0 Å². The molecule has 0 fully saturated rings. The van der Waals surface area contributed by atoms with Gasteiger partial charge in [-0.25, -0.2) is 8.42 Å². The smallest absolute Gasteiger partial charge is 0.243 e. The van der Waals surface area contributed by atoms with E-state index < -0.39 is 10.0 Å². The fourth-order valence-electron chi connectivity index (χ4n) is 2.00. The largest absolute Gasteiger partial charge is 0.313 e. The van der Waals surface area contributed by atoms with Gasteiger partial charge in [-0.05, 0) is 24.6 Å². The van der Waals surface area contributed by atoms with Gasteiger partial charge in [0, 0.05) is 19.6 Å². The Morgan fingerprint density at radius 3 is 2.42 bits per heavy atom. The molecule has 0 radical (unpaired) electrons. The summed E-state index contributed by atoms with van der Waals surface area (Å²) in [5.74, 6) is 0. The summed E-state index contributed by atoms with van der Waals surface area (Å²) in [6.07, 6.45) is 0.822. The van der Waals surface area contributed by atoms with E-state index in [1.54, 1.807) is 12.1 Å². The summed E-state index contributed by atoms with van der Waals surface area (Å²) in [5, 5.41) is 3.18. The molecule has 1 rings (SSSR count). The van der Waals surface area contributed by atoms with E-state index in [2.05, 4.69) is 5.32 Å². The molecule has 0 atom stereocenters. The number of nitrogens with one attached hydrogen (secondary N) is 1. The summed E-state index contributed by atoms with van der Waals surface area (Å²) >= 11 is 0. The van der Waals surface area contributed by atoms with Gasteiger partial charge in [0.1, 0.15) is 0 Å². The number of benzene rings is 1. The number of hydrogen-bond donors (Lipinski definition) is 1. The summed E-state index contributed by atoms with van der Waals surface area (Å²) in [4.78, 5) is 0.422. The average Bonchev–Trinajstić information content (AvgIpc) is 2.42. The van der Waals surface area contributed by atoms with Crippen LogP contribution in [-0.4, -0.2) is 32.4 Å². The monoisotopic (exact) mass is 284 g/mol. The number of sulfonamides is 1. The van der Waals surface area contributed by atoms with E-state index in [1.807, 2.05) is 32.9 Å². The molecule has 0 aliphatic heterocycles. The van der Waals surface area contributed by atoms with E-state index in [1.165, 1.54) is 4.31 Å². The minimum Gasteiger partial charge on any atom is -0.313 e. The van der Waals surface area contributed by atoms with E-state index in [-0.39, 0.29) is 0 Å². The first kappa shape index (κ1) is 16.1. The van der Waals surface area contributed by atoms with Crippen LogP contribution >= 0.6 is 0 Å². The fourth-order valence-corrected chi connectivity index (χ4v) is 3.76. The first-order valence-corrected chi connectivity index (χ1v) is 8.30. The lowest BCUT2D eigenvalue weighted by Crippen LogP contribution is -2.32. The molecule has 0 heterocycles. The van der Waals surface area contributed by atoms with Crippen molar-refractivity contribution in [2.75, 3.05) is 19.6 Å². The lowest BCUT2D eigenvalue weighted by molar-refractivity contribution is 0.426. The number of rotatable bonds is 8. The Kier molecular flexibility index (Phi) is 6.48. The van der Waals surface area contributed by atoms with Crippen LogP contribution in [0.2, 0.25) is 0 Å². The molecule has 1 aromatic rings. The van der Waals surface area contributed by atoms with E-state index in [4.69, 9.17) is 0 Å². The molecule has 0 aliphatic carbocycles. The maximum absolute atomic E-state index is 12.6. The molecule has 0 spiro atoms. The molecule has 0 unspecified atom stereocenters. The number of nitrogens with zero attached hydrogens (tertiary/aromatic N) is 1. The standard InChI is InChI=1S/C14H24N2O2S/c1-4-11-16(6-3)19(17,18)14-10-8-7-9-13(14)12-15-5-2/h7-10,15H,4-6,11-12H2,1-3H3. The Labute approximate surface area is 116 Å². The Bertz CT molecular complexity index is 486. The molecule has 0 bridgehead atoms. The third kappa shape index (κ3) is 4.03. The minimum absolute atomic E-state index is 0.422. The van der Waals surface area contributed by atoms with Crippen molar-refractivity contribution in [1.29, 1.82) is 0 Å². The van der Waals surface area contributed by atoms with Gasteiger partial charge in [-0.1, -0.05) is 39.0 Å². The van der Waals surface area contributed by atoms with Crippen LogP contribution in [0.3, 0.4) is 0 Å². The topological polar surface area (TPSA) is 49.4 Å². The molecule has 0 saturated carbocycles. The lowest BCUT2D eigenvalue weighted by atomic mass is 10.2. The Hall–Kier alpha value is -0.910. The summed E-state index contributed by atoms with van der Waals surface area (Å²) in [6, 6.07) is 7.22. The van der Waals surface area contributed by atoms with Crippen LogP contribution in [0, 0.1) is 0 Å². The van der Waals surface area contributed by atoms with E-state index in [0.29, 0.717) is 24.5 Å². The predicted octanol–water partition coefficient (Wildman–Crippen LogP) is 2.22. The molecule has 5 heteroatoms. The molecular weight excluding hydrogens is 260 g/mol. The van der Waals surface area contributed by atoms with Gasteiger partial charge in [0.25, 0.3) is 0 Å². The molecule has 108 valence electrons. The SMILES string of the molecule is CCCN(CC)S(=O)(=O)c1ccccc1CNCC. The van der Waals surface area contributed by atoms with E-state index in [9.17, 15) is 8.42 Å². The average molecular weight is 284 g/mol. The molecule has 0 amide bonds. The highest BCUT2D eigenvalue weighted by molar-refractivity contribution is 7.89. The van der Waals surface area contributed by atoms with Crippen molar-refractivity contribution < 1.29 is 8.42 Å². The van der Waals surface area contributed by atoms with Crippen LogP contribution in [0.15, 0.2) is 29.2 Å². The molecular formula is C14H24N2O2S. The van der Waals surface area contributed by atoms with E-state index >= 15 is 0 Å². The van der Waals surface area contributed by atoms with Crippen molar-refractivity contribution in [3.05, 3.63) is 29.8 Å². The maximum atomic E-state index is 12.6. The van der Waals surface area contributed by atoms with Crippen LogP contribution in [0.4, 0.5) is 0 Å². The maximum Gasteiger partial charge on any atom is 0.243 e. The highest BCUT2D eigenvalue weighted by Crippen LogP contribution is 2.20. The van der Waals surface area contributed by atoms with Crippen molar-refractivity contribution in [3.8, 4) is 0 Å². The second kappa shape index (κ2) is 7.62. The first-order valence-electron chi connectivity index (χ1n) is 6.86. The van der Waals surface area contributed by atoms with Gasteiger partial charge in [0.15, 0.2) is 0 Å². The molecule has 0 aromatic heterocycles. The van der Waals surface area contributed by atoms with Crippen LogP contribution < -0.4 is 5.32 Å². The normalized spacial score (nSPS) is 12.0. The zero-order valence-corrected chi connectivity index (χ0v) is 12.8. The van der Waals surface area contributed by atoms with Gasteiger partial charge >= 0.3 is 0 Å². The highest BCUT2D eigenvalue weighted by atomic mass is 32.2. The van der Waals surface area contributed by atoms with Crippen molar-refractivity contribution >= 4 is 10.0 Å². The second-order valence-corrected chi connectivity index (χ2v) is 6.29. The Balaban J connectivity index is 3.12. The van der Waals surface area contributed by atoms with Crippen LogP contribution in [0.1, 0.15) is 32.8 Å². The van der Waals surface area contributed by atoms with Crippen LogP contribution in [0.25, 0.3) is 0 Å². The van der Waals surface area contributed by atoms with Gasteiger partial charge in [-0.2, -0.15) is 4.31 Å². The minimum atomic E-state index is -3.38. The van der Waals surface area contributed by atoms with Crippen LogP contribution in [0.5, 0.6) is 0 Å². The van der Waals surface area contributed by atoms with Gasteiger partial charge in [0.05, 0.1) is 4.90 Å². The molecule has 1 N–H and O–H groups in total. The molecule has 4 nitrogen and oxygen atoms in total. The van der Waals surface area contributed by atoms with Gasteiger partial charge in [-0.15, -0.1) is 0 Å². The van der Waals surface area contributed by atoms with Crippen molar-refractivity contribution in [2.45, 2.75) is 38.6 Å². The second-order valence-electron chi connectivity index (χ2n) is 4.38. The summed E-state index contributed by atoms with van der Waals surface area (Å²) < 4.78 is 26.8. The Morgan fingerprint density at radius 2 is 1.84 bits per heavy atom. The summed E-state index contributed by atoms with van der Waals surface area (Å²) in [7, 11) is -3.38. The molecule has 19 heavy (non-hydrogen) atoms. The number of hydrogen-bond acceptors (Lipinski definition) is 3.